The summed E-state index contributed by atoms with van der Waals surface area (Å²) in [6, 6.07) is 10.7. The van der Waals surface area contributed by atoms with Crippen LogP contribution in [0.2, 0.25) is 5.02 Å². The van der Waals surface area contributed by atoms with E-state index in [1.165, 1.54) is 4.68 Å². The second-order valence-electron chi connectivity index (χ2n) is 4.73. The van der Waals surface area contributed by atoms with Crippen LogP contribution in [0, 0.1) is 0 Å². The topological polar surface area (TPSA) is 63.6 Å². The first-order valence-corrected chi connectivity index (χ1v) is 6.71. The number of hydrogen-bond acceptors (Lipinski definition) is 3. The molecule has 4 aromatic rings. The molecule has 0 saturated carbocycles. The Kier molecular flexibility index (Phi) is 2.55. The summed E-state index contributed by atoms with van der Waals surface area (Å²) < 4.78 is 1.38. The summed E-state index contributed by atoms with van der Waals surface area (Å²) in [6.07, 6.45) is 3.35. The number of fused-ring (bicyclic) bond motifs is 2. The third-order valence-electron chi connectivity index (χ3n) is 3.42. The van der Waals surface area contributed by atoms with Gasteiger partial charge in [0.1, 0.15) is 0 Å². The van der Waals surface area contributed by atoms with Crippen molar-refractivity contribution in [3.8, 4) is 5.69 Å². The molecule has 0 radical (unpaired) electrons. The molecule has 2 heterocycles. The monoisotopic (exact) mass is 296 g/mol. The average molecular weight is 297 g/mol. The highest BCUT2D eigenvalue weighted by Crippen LogP contribution is 2.18. The van der Waals surface area contributed by atoms with Gasteiger partial charge in [-0.25, -0.2) is 0 Å². The van der Waals surface area contributed by atoms with Crippen molar-refractivity contribution < 1.29 is 0 Å². The quantitative estimate of drug-likeness (QED) is 0.587. The van der Waals surface area contributed by atoms with Gasteiger partial charge < -0.3 is 0 Å². The second-order valence-corrected chi connectivity index (χ2v) is 5.17. The van der Waals surface area contributed by atoms with Crippen LogP contribution < -0.4 is 5.56 Å². The number of H-pyrrole nitrogens is 1. The van der Waals surface area contributed by atoms with Crippen LogP contribution in [-0.2, 0) is 0 Å². The Bertz CT molecular complexity index is 1030. The Hall–Kier alpha value is -2.66. The predicted molar refractivity (Wildman–Crippen MR) is 82.0 cm³/mol. The van der Waals surface area contributed by atoms with Crippen molar-refractivity contribution in [1.29, 1.82) is 0 Å². The van der Waals surface area contributed by atoms with Crippen LogP contribution in [-0.4, -0.2) is 20.0 Å². The summed E-state index contributed by atoms with van der Waals surface area (Å²) in [6.45, 7) is 0. The van der Waals surface area contributed by atoms with E-state index >= 15 is 0 Å². The number of hydrogen-bond donors (Lipinski definition) is 1. The van der Waals surface area contributed by atoms with Gasteiger partial charge in [0.2, 0.25) is 0 Å². The van der Waals surface area contributed by atoms with Gasteiger partial charge in [0.15, 0.2) is 0 Å². The van der Waals surface area contributed by atoms with E-state index in [1.54, 1.807) is 30.6 Å². The minimum Gasteiger partial charge on any atom is -0.278 e. The first kappa shape index (κ1) is 12.1. The summed E-state index contributed by atoms with van der Waals surface area (Å²) in [7, 11) is 0. The first-order chi connectivity index (χ1) is 10.2. The van der Waals surface area contributed by atoms with Crippen LogP contribution in [0.5, 0.6) is 0 Å². The van der Waals surface area contributed by atoms with E-state index in [2.05, 4.69) is 15.3 Å². The lowest BCUT2D eigenvalue weighted by molar-refractivity contribution is 0.822. The zero-order chi connectivity index (χ0) is 14.4. The van der Waals surface area contributed by atoms with Crippen molar-refractivity contribution in [1.82, 2.24) is 20.0 Å². The van der Waals surface area contributed by atoms with Crippen LogP contribution in [0.3, 0.4) is 0 Å². The molecular formula is C15H9ClN4O. The molecule has 0 unspecified atom stereocenters. The molecule has 0 aliphatic heterocycles. The normalized spacial score (nSPS) is 11.3. The van der Waals surface area contributed by atoms with E-state index in [0.29, 0.717) is 16.1 Å². The third-order valence-corrected chi connectivity index (χ3v) is 3.65. The highest BCUT2D eigenvalue weighted by molar-refractivity contribution is 6.31. The van der Waals surface area contributed by atoms with Crippen LogP contribution >= 0.6 is 11.6 Å². The van der Waals surface area contributed by atoms with Gasteiger partial charge in [-0.15, -0.1) is 0 Å². The van der Waals surface area contributed by atoms with Gasteiger partial charge in [0.25, 0.3) is 5.56 Å². The number of rotatable bonds is 1. The molecule has 0 spiro atoms. The maximum absolute atomic E-state index is 12.5. The van der Waals surface area contributed by atoms with Gasteiger partial charge in [-0.05, 0) is 36.4 Å². The molecule has 2 aromatic heterocycles. The first-order valence-electron chi connectivity index (χ1n) is 6.33. The summed E-state index contributed by atoms with van der Waals surface area (Å²) in [5, 5.41) is 13.9. The number of halogens is 1. The van der Waals surface area contributed by atoms with Crippen LogP contribution in [0.25, 0.3) is 27.4 Å². The molecule has 0 bridgehead atoms. The van der Waals surface area contributed by atoms with Gasteiger partial charge in [-0.3, -0.25) is 9.89 Å². The number of nitrogens with zero attached hydrogens (tertiary/aromatic N) is 3. The fourth-order valence-corrected chi connectivity index (χ4v) is 2.55. The zero-order valence-electron chi connectivity index (χ0n) is 10.7. The van der Waals surface area contributed by atoms with Crippen LogP contribution in [0.15, 0.2) is 53.6 Å². The van der Waals surface area contributed by atoms with Gasteiger partial charge in [-0.1, -0.05) is 11.6 Å². The van der Waals surface area contributed by atoms with E-state index in [9.17, 15) is 4.79 Å². The molecule has 1 N–H and O–H groups in total. The van der Waals surface area contributed by atoms with E-state index in [4.69, 9.17) is 11.6 Å². The summed E-state index contributed by atoms with van der Waals surface area (Å²) in [4.78, 5) is 12.5. The second kappa shape index (κ2) is 4.43. The molecule has 4 rings (SSSR count). The Morgan fingerprint density at radius 1 is 1.05 bits per heavy atom. The lowest BCUT2D eigenvalue weighted by Gasteiger charge is -2.06. The molecule has 102 valence electrons. The molecule has 5 nitrogen and oxygen atoms in total. The fraction of sp³-hybridized carbons (Fsp3) is 0. The molecule has 0 aliphatic rings. The number of aromatic amines is 1. The molecule has 0 amide bonds. The Balaban J connectivity index is 1.99. The van der Waals surface area contributed by atoms with Gasteiger partial charge >= 0.3 is 0 Å². The molecular weight excluding hydrogens is 288 g/mol. The largest absolute Gasteiger partial charge is 0.279 e. The Morgan fingerprint density at radius 3 is 2.86 bits per heavy atom. The predicted octanol–water partition coefficient (Wildman–Crippen LogP) is 2.92. The average Bonchev–Trinajstić information content (AvgIpc) is 2.95. The van der Waals surface area contributed by atoms with Crippen LogP contribution in [0.1, 0.15) is 0 Å². The van der Waals surface area contributed by atoms with E-state index in [-0.39, 0.29) is 5.56 Å². The standard InChI is InChI=1S/C15H9ClN4O/c16-11-1-3-13-9(5-11)8-18-20(15(13)21)12-2-4-14-10(6-12)7-17-19-14/h1-8H,(H,17,19). The van der Waals surface area contributed by atoms with E-state index in [1.807, 2.05) is 18.2 Å². The Morgan fingerprint density at radius 2 is 1.95 bits per heavy atom. The van der Waals surface area contributed by atoms with Crippen molar-refractivity contribution in [2.24, 2.45) is 0 Å². The summed E-state index contributed by atoms with van der Waals surface area (Å²) >= 11 is 5.93. The summed E-state index contributed by atoms with van der Waals surface area (Å²) in [5.41, 5.74) is 1.44. The third kappa shape index (κ3) is 1.90. The molecule has 0 fully saturated rings. The van der Waals surface area contributed by atoms with Crippen LogP contribution in [0.4, 0.5) is 0 Å². The van der Waals surface area contributed by atoms with Crippen molar-refractivity contribution >= 4 is 33.3 Å². The Labute approximate surface area is 123 Å². The van der Waals surface area contributed by atoms with Crippen molar-refractivity contribution in [3.05, 3.63) is 64.2 Å². The molecule has 0 saturated heterocycles. The highest BCUT2D eigenvalue weighted by Gasteiger charge is 2.07. The van der Waals surface area contributed by atoms with E-state index in [0.717, 1.165) is 16.3 Å². The molecule has 2 aromatic carbocycles. The molecule has 21 heavy (non-hydrogen) atoms. The molecule has 6 heteroatoms. The van der Waals surface area contributed by atoms with E-state index < -0.39 is 0 Å². The lowest BCUT2D eigenvalue weighted by Crippen LogP contribution is -2.20. The number of benzene rings is 2. The van der Waals surface area contributed by atoms with Gasteiger partial charge in [-0.2, -0.15) is 14.9 Å². The maximum atomic E-state index is 12.5. The lowest BCUT2D eigenvalue weighted by atomic mass is 10.2. The minimum absolute atomic E-state index is 0.174. The van der Waals surface area contributed by atoms with Crippen molar-refractivity contribution in [3.63, 3.8) is 0 Å². The molecule has 0 atom stereocenters. The molecule has 0 aliphatic carbocycles. The minimum atomic E-state index is -0.174. The summed E-state index contributed by atoms with van der Waals surface area (Å²) in [5.74, 6) is 0. The van der Waals surface area contributed by atoms with Gasteiger partial charge in [0, 0.05) is 15.8 Å². The highest BCUT2D eigenvalue weighted by atomic mass is 35.5. The van der Waals surface area contributed by atoms with Crippen molar-refractivity contribution in [2.45, 2.75) is 0 Å². The zero-order valence-corrected chi connectivity index (χ0v) is 11.5. The van der Waals surface area contributed by atoms with Gasteiger partial charge in [0.05, 0.1) is 29.0 Å². The fourth-order valence-electron chi connectivity index (χ4n) is 2.37. The van der Waals surface area contributed by atoms with Crippen molar-refractivity contribution in [2.75, 3.05) is 0 Å². The number of aromatic nitrogens is 4. The smallest absolute Gasteiger partial charge is 0.278 e. The SMILES string of the molecule is O=c1c2ccc(Cl)cc2cnn1-c1ccc2[nH]ncc2c1. The maximum Gasteiger partial charge on any atom is 0.279 e. The number of nitrogens with one attached hydrogen (secondary N) is 1.